The van der Waals surface area contributed by atoms with E-state index in [1.54, 1.807) is 18.3 Å². The summed E-state index contributed by atoms with van der Waals surface area (Å²) in [6.07, 6.45) is 6.13. The van der Waals surface area contributed by atoms with Gasteiger partial charge in [0.15, 0.2) is 0 Å². The molecule has 1 N–H and O–H groups in total. The standard InChI is InChI=1S/C21H23N3O3S/c1-12-21(13(2)27-23-12)16-10-19-17(4-3-7-22-19)20(11-16)28(25,26)24-18-9-14-5-6-15(18)8-14/h3-4,7,10-11,14-15,18,24H,5-6,8-9H2,1-2H3/t14-,15+,18+/m1/s1. The first-order valence-electron chi connectivity index (χ1n) is 9.77. The topological polar surface area (TPSA) is 85.1 Å². The van der Waals surface area contributed by atoms with Crippen LogP contribution in [-0.4, -0.2) is 24.6 Å². The summed E-state index contributed by atoms with van der Waals surface area (Å²) in [6.45, 7) is 3.69. The molecule has 0 radical (unpaired) electrons. The van der Waals surface area contributed by atoms with Crippen molar-refractivity contribution in [2.75, 3.05) is 0 Å². The molecular weight excluding hydrogens is 374 g/mol. The number of aryl methyl sites for hydroxylation is 2. The van der Waals surface area contributed by atoms with Gasteiger partial charge in [-0.3, -0.25) is 4.98 Å². The molecule has 2 heterocycles. The maximum atomic E-state index is 13.4. The third kappa shape index (κ3) is 2.84. The van der Waals surface area contributed by atoms with Crippen molar-refractivity contribution in [3.63, 3.8) is 0 Å². The molecule has 7 heteroatoms. The van der Waals surface area contributed by atoms with Crippen molar-refractivity contribution in [3.8, 4) is 11.1 Å². The Bertz CT molecular complexity index is 1150. The van der Waals surface area contributed by atoms with Crippen molar-refractivity contribution in [1.82, 2.24) is 14.9 Å². The lowest BCUT2D eigenvalue weighted by Gasteiger charge is -2.23. The van der Waals surface area contributed by atoms with Crippen molar-refractivity contribution in [2.45, 2.75) is 50.5 Å². The second-order valence-electron chi connectivity index (χ2n) is 8.15. The molecule has 28 heavy (non-hydrogen) atoms. The quantitative estimate of drug-likeness (QED) is 0.720. The summed E-state index contributed by atoms with van der Waals surface area (Å²) in [5.41, 5.74) is 2.96. The number of hydrogen-bond acceptors (Lipinski definition) is 5. The molecule has 2 aliphatic carbocycles. The zero-order valence-corrected chi connectivity index (χ0v) is 16.8. The monoisotopic (exact) mass is 397 g/mol. The van der Waals surface area contributed by atoms with E-state index in [1.165, 1.54) is 6.42 Å². The van der Waals surface area contributed by atoms with E-state index in [9.17, 15) is 8.42 Å². The van der Waals surface area contributed by atoms with Crippen LogP contribution in [-0.2, 0) is 10.0 Å². The van der Waals surface area contributed by atoms with Gasteiger partial charge >= 0.3 is 0 Å². The van der Waals surface area contributed by atoms with Crippen LogP contribution >= 0.6 is 0 Å². The number of aromatic nitrogens is 2. The molecule has 3 atom stereocenters. The summed E-state index contributed by atoms with van der Waals surface area (Å²) >= 11 is 0. The molecule has 0 unspecified atom stereocenters. The van der Waals surface area contributed by atoms with Crippen LogP contribution in [0.3, 0.4) is 0 Å². The SMILES string of the molecule is Cc1noc(C)c1-c1cc(S(=O)(=O)N[C@H]2C[C@@H]3CC[C@H]2C3)c2cccnc2c1. The van der Waals surface area contributed by atoms with Gasteiger partial charge in [-0.2, -0.15) is 0 Å². The number of fused-ring (bicyclic) bond motifs is 3. The van der Waals surface area contributed by atoms with E-state index in [0.29, 0.717) is 28.5 Å². The molecule has 146 valence electrons. The Morgan fingerprint density at radius 3 is 2.71 bits per heavy atom. The predicted octanol–water partition coefficient (Wildman–Crippen LogP) is 3.97. The second kappa shape index (κ2) is 6.39. The minimum Gasteiger partial charge on any atom is -0.361 e. The number of hydrogen-bond donors (Lipinski definition) is 1. The maximum Gasteiger partial charge on any atom is 0.241 e. The van der Waals surface area contributed by atoms with Gasteiger partial charge in [-0.25, -0.2) is 13.1 Å². The van der Waals surface area contributed by atoms with Crippen LogP contribution in [0.1, 0.15) is 37.1 Å². The lowest BCUT2D eigenvalue weighted by Crippen LogP contribution is -2.38. The van der Waals surface area contributed by atoms with Crippen LogP contribution in [0.5, 0.6) is 0 Å². The molecule has 2 saturated carbocycles. The molecule has 6 nitrogen and oxygen atoms in total. The van der Waals surface area contributed by atoms with Gasteiger partial charge in [-0.1, -0.05) is 11.6 Å². The molecule has 2 fully saturated rings. The minimum atomic E-state index is -3.67. The molecule has 2 aromatic heterocycles. The smallest absolute Gasteiger partial charge is 0.241 e. The Balaban J connectivity index is 1.63. The van der Waals surface area contributed by atoms with Crippen LogP contribution in [0.15, 0.2) is 39.9 Å². The molecule has 1 aromatic carbocycles. The predicted molar refractivity (Wildman–Crippen MR) is 106 cm³/mol. The van der Waals surface area contributed by atoms with Crippen LogP contribution in [0.2, 0.25) is 0 Å². The summed E-state index contributed by atoms with van der Waals surface area (Å²) in [5, 5.41) is 4.65. The lowest BCUT2D eigenvalue weighted by molar-refractivity contribution is 0.390. The van der Waals surface area contributed by atoms with Crippen LogP contribution in [0.4, 0.5) is 0 Å². The van der Waals surface area contributed by atoms with Gasteiger partial charge in [0.2, 0.25) is 10.0 Å². The third-order valence-corrected chi connectivity index (χ3v) is 7.87. The van der Waals surface area contributed by atoms with E-state index in [2.05, 4.69) is 14.9 Å². The number of nitrogens with one attached hydrogen (secondary N) is 1. The molecule has 0 amide bonds. The highest BCUT2D eigenvalue weighted by Crippen LogP contribution is 2.45. The third-order valence-electron chi connectivity index (χ3n) is 6.34. The highest BCUT2D eigenvalue weighted by molar-refractivity contribution is 7.89. The first-order valence-corrected chi connectivity index (χ1v) is 11.2. The Morgan fingerprint density at radius 2 is 2.04 bits per heavy atom. The normalized spacial score (nSPS) is 24.3. The number of nitrogens with zero attached hydrogens (tertiary/aromatic N) is 2. The Kier molecular flexibility index (Phi) is 4.07. The van der Waals surface area contributed by atoms with Gasteiger partial charge < -0.3 is 4.52 Å². The van der Waals surface area contributed by atoms with Gasteiger partial charge in [0.05, 0.1) is 16.1 Å². The highest BCUT2D eigenvalue weighted by atomic mass is 32.2. The summed E-state index contributed by atoms with van der Waals surface area (Å²) < 4.78 is 35.1. The van der Waals surface area contributed by atoms with E-state index >= 15 is 0 Å². The van der Waals surface area contributed by atoms with Gasteiger partial charge in [-0.05, 0) is 74.8 Å². The Labute approximate surface area is 164 Å². The summed E-state index contributed by atoms with van der Waals surface area (Å²) in [5.74, 6) is 1.80. The Morgan fingerprint density at radius 1 is 1.18 bits per heavy atom. The zero-order chi connectivity index (χ0) is 19.5. The molecular formula is C21H23N3O3S. The average Bonchev–Trinajstić information content (AvgIpc) is 3.36. The van der Waals surface area contributed by atoms with E-state index in [-0.39, 0.29) is 10.9 Å². The minimum absolute atomic E-state index is 0.0400. The van der Waals surface area contributed by atoms with Crippen molar-refractivity contribution in [3.05, 3.63) is 41.9 Å². The molecule has 0 saturated heterocycles. The first kappa shape index (κ1) is 17.8. The fourth-order valence-corrected chi connectivity index (χ4v) is 6.62. The van der Waals surface area contributed by atoms with Crippen molar-refractivity contribution < 1.29 is 12.9 Å². The number of rotatable bonds is 4. The largest absolute Gasteiger partial charge is 0.361 e. The maximum absolute atomic E-state index is 13.4. The summed E-state index contributed by atoms with van der Waals surface area (Å²) in [7, 11) is -3.67. The van der Waals surface area contributed by atoms with E-state index in [0.717, 1.165) is 36.1 Å². The van der Waals surface area contributed by atoms with E-state index in [1.807, 2.05) is 26.0 Å². The molecule has 0 spiro atoms. The molecule has 5 rings (SSSR count). The first-order chi connectivity index (χ1) is 13.4. The van der Waals surface area contributed by atoms with Gasteiger partial charge in [0, 0.05) is 23.2 Å². The summed E-state index contributed by atoms with van der Waals surface area (Å²) in [6, 6.07) is 7.26. The fourth-order valence-electron chi connectivity index (χ4n) is 5.06. The number of sulfonamides is 1. The van der Waals surface area contributed by atoms with Gasteiger partial charge in [0.1, 0.15) is 5.76 Å². The van der Waals surface area contributed by atoms with Crippen LogP contribution < -0.4 is 4.72 Å². The Hall–Kier alpha value is -2.25. The molecule has 0 aliphatic heterocycles. The highest BCUT2D eigenvalue weighted by Gasteiger charge is 2.41. The lowest BCUT2D eigenvalue weighted by atomic mass is 9.96. The average molecular weight is 398 g/mol. The van der Waals surface area contributed by atoms with E-state index in [4.69, 9.17) is 4.52 Å². The van der Waals surface area contributed by atoms with Gasteiger partial charge in [-0.15, -0.1) is 0 Å². The molecule has 2 aliphatic rings. The zero-order valence-electron chi connectivity index (χ0n) is 16.0. The second-order valence-corrected chi connectivity index (χ2v) is 9.83. The van der Waals surface area contributed by atoms with E-state index < -0.39 is 10.0 Å². The number of pyridine rings is 1. The van der Waals surface area contributed by atoms with Crippen LogP contribution in [0, 0.1) is 25.7 Å². The van der Waals surface area contributed by atoms with Crippen molar-refractivity contribution in [1.29, 1.82) is 0 Å². The molecule has 2 bridgehead atoms. The number of benzene rings is 1. The van der Waals surface area contributed by atoms with Crippen LogP contribution in [0.25, 0.3) is 22.0 Å². The summed E-state index contributed by atoms with van der Waals surface area (Å²) in [4.78, 5) is 4.69. The van der Waals surface area contributed by atoms with Crippen molar-refractivity contribution >= 4 is 20.9 Å². The van der Waals surface area contributed by atoms with Gasteiger partial charge in [0.25, 0.3) is 0 Å². The fraction of sp³-hybridized carbons (Fsp3) is 0.429. The van der Waals surface area contributed by atoms with Crippen molar-refractivity contribution in [2.24, 2.45) is 11.8 Å². The molecule has 3 aromatic rings.